The summed E-state index contributed by atoms with van der Waals surface area (Å²) < 4.78 is 11.0. The molecule has 2 aliphatic rings. The van der Waals surface area contributed by atoms with Crippen molar-refractivity contribution in [3.63, 3.8) is 0 Å². The van der Waals surface area contributed by atoms with Gasteiger partial charge in [-0.25, -0.2) is 0 Å². The fourth-order valence-corrected chi connectivity index (χ4v) is 3.09. The highest BCUT2D eigenvalue weighted by Gasteiger charge is 2.37. The molecule has 134 valence electrons. The van der Waals surface area contributed by atoms with Gasteiger partial charge in [-0.15, -0.1) is 0 Å². The molecule has 1 N–H and O–H groups in total. The zero-order chi connectivity index (χ0) is 18.0. The molecule has 1 aromatic rings. The predicted octanol–water partition coefficient (Wildman–Crippen LogP) is 0.744. The first-order valence-electron chi connectivity index (χ1n) is 8.20. The molecule has 0 saturated carbocycles. The minimum Gasteiger partial charge on any atom is -0.486 e. The van der Waals surface area contributed by atoms with Gasteiger partial charge >= 0.3 is 5.97 Å². The normalized spacial score (nSPS) is 19.0. The van der Waals surface area contributed by atoms with Gasteiger partial charge < -0.3 is 24.4 Å². The number of rotatable bonds is 5. The van der Waals surface area contributed by atoms with Gasteiger partial charge in [-0.3, -0.25) is 14.4 Å². The lowest BCUT2D eigenvalue weighted by atomic mass is 10.1. The molecule has 25 heavy (non-hydrogen) atoms. The largest absolute Gasteiger partial charge is 0.486 e. The van der Waals surface area contributed by atoms with Crippen LogP contribution in [-0.4, -0.2) is 60.6 Å². The third-order valence-corrected chi connectivity index (χ3v) is 4.33. The fourth-order valence-electron chi connectivity index (χ4n) is 3.09. The van der Waals surface area contributed by atoms with E-state index in [9.17, 15) is 14.4 Å². The second-order valence-electron chi connectivity index (χ2n) is 5.98. The molecule has 0 unspecified atom stereocenters. The van der Waals surface area contributed by atoms with Crippen molar-refractivity contribution in [2.45, 2.75) is 13.3 Å². The zero-order valence-electron chi connectivity index (χ0n) is 13.9. The summed E-state index contributed by atoms with van der Waals surface area (Å²) in [6.45, 7) is 2.82. The van der Waals surface area contributed by atoms with Gasteiger partial charge in [0.2, 0.25) is 11.8 Å². The van der Waals surface area contributed by atoms with Crippen molar-refractivity contribution in [3.8, 4) is 11.5 Å². The minimum atomic E-state index is -1.07. The summed E-state index contributed by atoms with van der Waals surface area (Å²) in [5, 5.41) is 8.90. The average Bonchev–Trinajstić information content (AvgIpc) is 3.00. The Balaban J connectivity index is 1.74. The van der Waals surface area contributed by atoms with Crippen molar-refractivity contribution in [1.29, 1.82) is 0 Å². The van der Waals surface area contributed by atoms with Crippen molar-refractivity contribution < 1.29 is 29.0 Å². The van der Waals surface area contributed by atoms with Crippen LogP contribution in [0, 0.1) is 5.92 Å². The number of ether oxygens (including phenoxy) is 2. The van der Waals surface area contributed by atoms with E-state index in [1.54, 1.807) is 25.1 Å². The van der Waals surface area contributed by atoms with Gasteiger partial charge in [0.25, 0.3) is 0 Å². The SMILES string of the molecule is CCN(CC(=O)O)C(=O)[C@H]1CC(=O)N(c2ccc3c(c2)OCCO3)C1. The van der Waals surface area contributed by atoms with Crippen LogP contribution in [0.2, 0.25) is 0 Å². The molecule has 1 aromatic carbocycles. The first kappa shape index (κ1) is 17.1. The van der Waals surface area contributed by atoms with Crippen LogP contribution in [-0.2, 0) is 14.4 Å². The summed E-state index contributed by atoms with van der Waals surface area (Å²) in [6.07, 6.45) is 0.0728. The second-order valence-corrected chi connectivity index (χ2v) is 5.98. The van der Waals surface area contributed by atoms with Gasteiger partial charge in [0.1, 0.15) is 19.8 Å². The molecule has 8 heteroatoms. The van der Waals surface area contributed by atoms with E-state index in [4.69, 9.17) is 14.6 Å². The topological polar surface area (TPSA) is 96.4 Å². The first-order valence-corrected chi connectivity index (χ1v) is 8.20. The number of benzene rings is 1. The highest BCUT2D eigenvalue weighted by atomic mass is 16.6. The van der Waals surface area contributed by atoms with E-state index in [0.717, 1.165) is 0 Å². The number of anilines is 1. The number of carbonyl (C=O) groups excluding carboxylic acids is 2. The van der Waals surface area contributed by atoms with Gasteiger partial charge in [0.05, 0.1) is 5.92 Å². The molecule has 2 amide bonds. The smallest absolute Gasteiger partial charge is 0.323 e. The van der Waals surface area contributed by atoms with E-state index in [1.165, 1.54) is 9.80 Å². The van der Waals surface area contributed by atoms with Crippen molar-refractivity contribution in [1.82, 2.24) is 4.90 Å². The van der Waals surface area contributed by atoms with E-state index >= 15 is 0 Å². The van der Waals surface area contributed by atoms with Gasteiger partial charge in [-0.05, 0) is 19.1 Å². The van der Waals surface area contributed by atoms with Gasteiger partial charge in [0.15, 0.2) is 11.5 Å². The first-order chi connectivity index (χ1) is 12.0. The van der Waals surface area contributed by atoms with Crippen molar-refractivity contribution in [2.75, 3.05) is 37.7 Å². The second kappa shape index (κ2) is 7.00. The summed E-state index contributed by atoms with van der Waals surface area (Å²) in [5.41, 5.74) is 0.644. The number of fused-ring (bicyclic) bond motifs is 1. The van der Waals surface area contributed by atoms with Crippen LogP contribution >= 0.6 is 0 Å². The number of hydrogen-bond donors (Lipinski definition) is 1. The Hall–Kier alpha value is -2.77. The van der Waals surface area contributed by atoms with Crippen molar-refractivity contribution >= 4 is 23.5 Å². The molecule has 2 heterocycles. The molecule has 0 aliphatic carbocycles. The van der Waals surface area contributed by atoms with Crippen LogP contribution in [0.3, 0.4) is 0 Å². The van der Waals surface area contributed by atoms with Crippen LogP contribution in [0.1, 0.15) is 13.3 Å². The average molecular weight is 348 g/mol. The van der Waals surface area contributed by atoms with Gasteiger partial charge in [-0.1, -0.05) is 0 Å². The van der Waals surface area contributed by atoms with Crippen molar-refractivity contribution in [3.05, 3.63) is 18.2 Å². The van der Waals surface area contributed by atoms with E-state index in [0.29, 0.717) is 36.9 Å². The summed E-state index contributed by atoms with van der Waals surface area (Å²) in [7, 11) is 0. The highest BCUT2D eigenvalue weighted by Crippen LogP contribution is 2.36. The monoisotopic (exact) mass is 348 g/mol. The van der Waals surface area contributed by atoms with Crippen LogP contribution in [0.5, 0.6) is 11.5 Å². The molecule has 3 rings (SSSR count). The minimum absolute atomic E-state index is 0.0728. The Morgan fingerprint density at radius 3 is 2.68 bits per heavy atom. The molecule has 0 spiro atoms. The van der Waals surface area contributed by atoms with Crippen LogP contribution in [0.25, 0.3) is 0 Å². The van der Waals surface area contributed by atoms with E-state index in [2.05, 4.69) is 0 Å². The van der Waals surface area contributed by atoms with Crippen LogP contribution < -0.4 is 14.4 Å². The van der Waals surface area contributed by atoms with Gasteiger partial charge in [-0.2, -0.15) is 0 Å². The maximum Gasteiger partial charge on any atom is 0.323 e. The van der Waals surface area contributed by atoms with Crippen LogP contribution in [0.4, 0.5) is 5.69 Å². The van der Waals surface area contributed by atoms with Crippen molar-refractivity contribution in [2.24, 2.45) is 5.92 Å². The molecule has 0 radical (unpaired) electrons. The summed E-state index contributed by atoms with van der Waals surface area (Å²) in [5.74, 6) is -0.872. The molecule has 8 nitrogen and oxygen atoms in total. The molecule has 1 atom stereocenters. The molecular formula is C17H20N2O6. The maximum atomic E-state index is 12.5. The van der Waals surface area contributed by atoms with Gasteiger partial charge in [0, 0.05) is 31.3 Å². The highest BCUT2D eigenvalue weighted by molar-refractivity contribution is 6.00. The maximum absolute atomic E-state index is 12.5. The number of carboxylic acids is 1. The summed E-state index contributed by atoms with van der Waals surface area (Å²) >= 11 is 0. The third-order valence-electron chi connectivity index (χ3n) is 4.33. The third kappa shape index (κ3) is 3.52. The fraction of sp³-hybridized carbons (Fsp3) is 0.471. The summed E-state index contributed by atoms with van der Waals surface area (Å²) in [6, 6.07) is 5.23. The number of aliphatic carboxylic acids is 1. The van der Waals surface area contributed by atoms with E-state index in [-0.39, 0.29) is 31.3 Å². The lowest BCUT2D eigenvalue weighted by Crippen LogP contribution is -2.40. The molecule has 1 fully saturated rings. The standard InChI is InChI=1S/C17H20N2O6/c1-2-18(10-16(21)22)17(23)11-7-15(20)19(9-11)12-3-4-13-14(8-12)25-6-5-24-13/h3-4,8,11H,2,5-7,9-10H2,1H3,(H,21,22)/t11-/m0/s1. The molecule has 0 bridgehead atoms. The quantitative estimate of drug-likeness (QED) is 0.843. The molecular weight excluding hydrogens is 328 g/mol. The van der Waals surface area contributed by atoms with Crippen LogP contribution in [0.15, 0.2) is 18.2 Å². The lowest BCUT2D eigenvalue weighted by Gasteiger charge is -2.23. The predicted molar refractivity (Wildman–Crippen MR) is 87.8 cm³/mol. The molecule has 1 saturated heterocycles. The lowest BCUT2D eigenvalue weighted by molar-refractivity contribution is -0.146. The molecule has 0 aromatic heterocycles. The summed E-state index contributed by atoms with van der Waals surface area (Å²) in [4.78, 5) is 38.5. The number of nitrogens with zero attached hydrogens (tertiary/aromatic N) is 2. The molecule has 2 aliphatic heterocycles. The number of likely N-dealkylation sites (N-methyl/N-ethyl adjacent to an activating group) is 1. The zero-order valence-corrected chi connectivity index (χ0v) is 13.9. The number of carbonyl (C=O) groups is 3. The van der Waals surface area contributed by atoms with E-state index < -0.39 is 11.9 Å². The Labute approximate surface area is 144 Å². The Bertz CT molecular complexity index is 704. The Kier molecular flexibility index (Phi) is 4.78. The Morgan fingerprint density at radius 1 is 1.28 bits per heavy atom. The van der Waals surface area contributed by atoms with E-state index in [1.807, 2.05) is 0 Å². The Morgan fingerprint density at radius 2 is 2.00 bits per heavy atom. The number of carboxylic acid groups (broad SMARTS) is 1. The number of hydrogen-bond acceptors (Lipinski definition) is 5. The number of amides is 2.